The normalized spacial score (nSPS) is 16.1. The van der Waals surface area contributed by atoms with E-state index in [2.05, 4.69) is 20.6 Å². The number of imidazole rings is 1. The van der Waals surface area contributed by atoms with E-state index in [1.807, 2.05) is 30.3 Å². The number of ketones is 1. The van der Waals surface area contributed by atoms with Gasteiger partial charge in [0.05, 0.1) is 22.6 Å². The summed E-state index contributed by atoms with van der Waals surface area (Å²) >= 11 is 0. The van der Waals surface area contributed by atoms with Crippen LogP contribution in [0.5, 0.6) is 0 Å². The summed E-state index contributed by atoms with van der Waals surface area (Å²) in [5.41, 5.74) is 1.54. The lowest BCUT2D eigenvalue weighted by Gasteiger charge is -2.31. The van der Waals surface area contributed by atoms with Crippen molar-refractivity contribution in [2.24, 2.45) is 5.92 Å². The summed E-state index contributed by atoms with van der Waals surface area (Å²) in [4.78, 5) is 48.2. The Labute approximate surface area is 284 Å². The van der Waals surface area contributed by atoms with Gasteiger partial charge < -0.3 is 15.7 Å². The lowest BCUT2D eigenvalue weighted by Crippen LogP contribution is -2.54. The third kappa shape index (κ3) is 9.59. The summed E-state index contributed by atoms with van der Waals surface area (Å²) in [6, 6.07) is 10.6. The van der Waals surface area contributed by atoms with Crippen molar-refractivity contribution >= 4 is 27.6 Å². The molecule has 0 radical (unpaired) electrons. The van der Waals surface area contributed by atoms with Gasteiger partial charge in [-0.15, -0.1) is 0 Å². The fourth-order valence-corrected chi connectivity index (χ4v) is 7.47. The first-order chi connectivity index (χ1) is 22.8. The van der Waals surface area contributed by atoms with Gasteiger partial charge in [-0.05, 0) is 50.8 Å². The van der Waals surface area contributed by atoms with Crippen molar-refractivity contribution in [2.45, 2.75) is 115 Å². The summed E-state index contributed by atoms with van der Waals surface area (Å²) in [5.74, 6) is -0.671. The van der Waals surface area contributed by atoms with Gasteiger partial charge in [-0.2, -0.15) is 0 Å². The maximum absolute atomic E-state index is 14.1. The minimum atomic E-state index is -3.99. The molecule has 1 aliphatic carbocycles. The highest BCUT2D eigenvalue weighted by Gasteiger charge is 2.37. The number of hydrogen-bond acceptors (Lipinski definition) is 8. The van der Waals surface area contributed by atoms with E-state index in [0.717, 1.165) is 37.7 Å². The second-order valence-electron chi connectivity index (χ2n) is 13.7. The number of hydrogen-bond donors (Lipinski definition) is 3. The van der Waals surface area contributed by atoms with Crippen LogP contribution in [0.15, 0.2) is 61.1 Å². The van der Waals surface area contributed by atoms with Gasteiger partial charge in [0.2, 0.25) is 21.8 Å². The molecule has 2 aromatic heterocycles. The summed E-state index contributed by atoms with van der Waals surface area (Å²) in [7, 11) is -3.99. The first kappa shape index (κ1) is 36.9. The Morgan fingerprint density at radius 3 is 2.29 bits per heavy atom. The molecule has 3 aromatic rings. The minimum absolute atomic E-state index is 0.108. The zero-order valence-corrected chi connectivity index (χ0v) is 29.2. The predicted molar refractivity (Wildman–Crippen MR) is 184 cm³/mol. The van der Waals surface area contributed by atoms with Crippen LogP contribution in [-0.2, 0) is 32.5 Å². The Hall–Kier alpha value is -3.90. The van der Waals surface area contributed by atoms with Gasteiger partial charge in [0, 0.05) is 49.8 Å². The van der Waals surface area contributed by atoms with Crippen LogP contribution in [0, 0.1) is 5.92 Å². The molecule has 1 aromatic carbocycles. The summed E-state index contributed by atoms with van der Waals surface area (Å²) in [6.07, 6.45) is 8.94. The van der Waals surface area contributed by atoms with Crippen molar-refractivity contribution in [1.82, 2.24) is 24.6 Å². The number of Topliss-reactive ketones (excluding diaryl/α,β-unsaturated/α-hetero) is 1. The second kappa shape index (κ2) is 16.5. The summed E-state index contributed by atoms with van der Waals surface area (Å²) in [5, 5.41) is 17.1. The smallest absolute Gasteiger partial charge is 0.245 e. The van der Waals surface area contributed by atoms with Gasteiger partial charge in [-0.3, -0.25) is 19.4 Å². The molecule has 2 amide bonds. The van der Waals surface area contributed by atoms with Crippen LogP contribution < -0.4 is 10.6 Å². The molecule has 12 heteroatoms. The number of nitrogens with one attached hydrogen (secondary N) is 2. The van der Waals surface area contributed by atoms with E-state index in [0.29, 0.717) is 17.8 Å². The molecule has 0 aliphatic heterocycles. The lowest BCUT2D eigenvalue weighted by atomic mass is 9.83. The minimum Gasteiger partial charge on any atom is -0.391 e. The van der Waals surface area contributed by atoms with Crippen molar-refractivity contribution in [3.05, 3.63) is 83.7 Å². The predicted octanol–water partition coefficient (Wildman–Crippen LogP) is 4.37. The van der Waals surface area contributed by atoms with Gasteiger partial charge in [-0.1, -0.05) is 69.4 Å². The van der Waals surface area contributed by atoms with Gasteiger partial charge in [0.15, 0.2) is 5.78 Å². The molecule has 1 fully saturated rings. The van der Waals surface area contributed by atoms with Crippen molar-refractivity contribution in [1.29, 1.82) is 0 Å². The molecule has 3 atom stereocenters. The average molecular weight is 680 g/mol. The molecule has 3 N–H and O–H groups in total. The Balaban J connectivity index is 1.64. The Bertz CT molecular complexity index is 1630. The van der Waals surface area contributed by atoms with Crippen molar-refractivity contribution < 1.29 is 27.9 Å². The quantitative estimate of drug-likeness (QED) is 0.200. The molecule has 260 valence electrons. The third-order valence-corrected chi connectivity index (χ3v) is 11.4. The first-order valence-corrected chi connectivity index (χ1v) is 18.3. The van der Waals surface area contributed by atoms with Gasteiger partial charge in [0.25, 0.3) is 0 Å². The molecule has 1 saturated carbocycles. The number of aliphatic hydroxyl groups excluding tert-OH is 1. The van der Waals surface area contributed by atoms with E-state index in [1.165, 1.54) is 22.6 Å². The topological polar surface area (TPSA) is 160 Å². The average Bonchev–Trinajstić information content (AvgIpc) is 3.47. The number of aromatic nitrogens is 3. The highest BCUT2D eigenvalue weighted by molar-refractivity contribution is 7.91. The first-order valence-electron chi connectivity index (χ1n) is 16.9. The molecule has 4 rings (SSSR count). The van der Waals surface area contributed by atoms with E-state index in [-0.39, 0.29) is 49.0 Å². The van der Waals surface area contributed by atoms with E-state index >= 15 is 0 Å². The third-order valence-electron chi connectivity index (χ3n) is 8.96. The van der Waals surface area contributed by atoms with Crippen LogP contribution in [0.2, 0.25) is 0 Å². The second-order valence-corrected chi connectivity index (χ2v) is 16.2. The van der Waals surface area contributed by atoms with Crippen LogP contribution >= 0.6 is 0 Å². The van der Waals surface area contributed by atoms with Gasteiger partial charge in [0.1, 0.15) is 11.9 Å². The number of rotatable bonds is 15. The number of amides is 2. The van der Waals surface area contributed by atoms with Crippen molar-refractivity contribution in [3.63, 3.8) is 0 Å². The number of nitrogens with zero attached hydrogens (tertiary/aromatic N) is 3. The SMILES string of the molecule is CCC(=O)NC(Cc1cnc(Cc2ccccc2)n1S(=O)(=O)C(C)(C)C)C(=O)N[C@@H](CC1CCCCC1)[C@@H](O)CC(=O)c1ccncc1. The maximum atomic E-state index is 14.1. The molecular formula is C36H49N5O6S. The van der Waals surface area contributed by atoms with Crippen LogP contribution in [-0.4, -0.2) is 68.0 Å². The van der Waals surface area contributed by atoms with Crippen LogP contribution in [0.25, 0.3) is 0 Å². The number of carbonyl (C=O) groups excluding carboxylic acids is 3. The van der Waals surface area contributed by atoms with E-state index < -0.39 is 38.9 Å². The van der Waals surface area contributed by atoms with Crippen LogP contribution in [0.3, 0.4) is 0 Å². The molecule has 1 unspecified atom stereocenters. The number of carbonyl (C=O) groups is 3. The van der Waals surface area contributed by atoms with Crippen LogP contribution in [0.1, 0.15) is 107 Å². The molecule has 48 heavy (non-hydrogen) atoms. The maximum Gasteiger partial charge on any atom is 0.245 e. The molecule has 0 bridgehead atoms. The zero-order chi connectivity index (χ0) is 34.9. The fourth-order valence-electron chi connectivity index (χ4n) is 6.10. The summed E-state index contributed by atoms with van der Waals surface area (Å²) in [6.45, 7) is 6.47. The van der Waals surface area contributed by atoms with Crippen molar-refractivity contribution in [3.8, 4) is 0 Å². The van der Waals surface area contributed by atoms with Crippen LogP contribution in [0.4, 0.5) is 0 Å². The highest BCUT2D eigenvalue weighted by Crippen LogP contribution is 2.29. The van der Waals surface area contributed by atoms with Crippen molar-refractivity contribution in [2.75, 3.05) is 0 Å². The molecule has 0 spiro atoms. The standard InChI is InChI=1S/C36H49N5O6S/c1-5-34(44)39-30(22-28-24-38-33(21-26-14-10-7-11-15-26)41(28)48(46,47)36(2,3)4)35(45)40-29(20-25-12-8-6-9-13-25)32(43)23-31(42)27-16-18-37-19-17-27/h7,10-11,14-19,24-25,29-30,32,43H,5-6,8-9,12-13,20-23H2,1-4H3,(H,39,44)(H,40,45)/t29-,30?,32-/m0/s1. The highest BCUT2D eigenvalue weighted by atomic mass is 32.2. The molecule has 1 aliphatic rings. The number of benzene rings is 1. The molecule has 2 heterocycles. The van der Waals surface area contributed by atoms with E-state index in [4.69, 9.17) is 0 Å². The zero-order valence-electron chi connectivity index (χ0n) is 28.4. The molecular weight excluding hydrogens is 630 g/mol. The molecule has 0 saturated heterocycles. The van der Waals surface area contributed by atoms with Gasteiger partial charge >= 0.3 is 0 Å². The van der Waals surface area contributed by atoms with E-state index in [9.17, 15) is 27.9 Å². The fraction of sp³-hybridized carbons (Fsp3) is 0.528. The van der Waals surface area contributed by atoms with Gasteiger partial charge in [-0.25, -0.2) is 17.4 Å². The largest absolute Gasteiger partial charge is 0.391 e. The van der Waals surface area contributed by atoms with E-state index in [1.54, 1.807) is 39.8 Å². The Morgan fingerprint density at radius 1 is 1.00 bits per heavy atom. The molecule has 11 nitrogen and oxygen atoms in total. The Morgan fingerprint density at radius 2 is 1.67 bits per heavy atom. The monoisotopic (exact) mass is 679 g/mol. The number of aliphatic hydroxyl groups is 1. The lowest BCUT2D eigenvalue weighted by molar-refractivity contribution is -0.130. The summed E-state index contributed by atoms with van der Waals surface area (Å²) < 4.78 is 27.9. The number of pyridine rings is 1. The Kier molecular flexibility index (Phi) is 12.7.